The Labute approximate surface area is 393 Å². The number of fused-ring (bicyclic) bond motifs is 17. The molecule has 0 N–H and O–H groups in total. The molecule has 3 fully saturated rings. The fourth-order valence-electron chi connectivity index (χ4n) is 10.8. The second-order valence-electron chi connectivity index (χ2n) is 19.3. The van der Waals surface area contributed by atoms with Crippen molar-refractivity contribution in [3.63, 3.8) is 0 Å². The second-order valence-corrected chi connectivity index (χ2v) is 21.9. The summed E-state index contributed by atoms with van der Waals surface area (Å²) in [6, 6.07) is 32.7. The zero-order valence-corrected chi connectivity index (χ0v) is 39.7. The summed E-state index contributed by atoms with van der Waals surface area (Å²) >= 11 is 0. The maximum absolute atomic E-state index is 7.91. The maximum atomic E-state index is 7.91. The van der Waals surface area contributed by atoms with E-state index in [9.17, 15) is 0 Å². The van der Waals surface area contributed by atoms with E-state index in [0.717, 1.165) is 75.9 Å². The minimum Gasteiger partial charge on any atom is -0.361 e. The van der Waals surface area contributed by atoms with Gasteiger partial charge in [0.15, 0.2) is 41.2 Å². The average molecular weight is 929 g/mol. The molecule has 9 heterocycles. The SMILES string of the molecule is CCCCCCCCO[Si]1(OC[C@H]2O[C@@H]3OC(C)(C)O[C@@H]3[C@H]3OC(C)(C)O[C@H]32)n2c3c4ccccc4c2N=C2N=C(N=c4c5ccccc5c(n41)=NC1=NC(=N3)c3ccccc31)c1ccccc12. The lowest BCUT2D eigenvalue weighted by Gasteiger charge is -2.39. The number of aliphatic imine (C=N–C) groups is 4. The monoisotopic (exact) mass is 928 g/mol. The van der Waals surface area contributed by atoms with E-state index in [1.807, 2.05) is 100 Å². The molecule has 4 aromatic carbocycles. The molecule has 68 heavy (non-hydrogen) atoms. The molecular formula is C52H52N8O7Si. The van der Waals surface area contributed by atoms with Crippen LogP contribution in [-0.4, -0.2) is 96.2 Å². The number of unbranched alkanes of at least 4 members (excludes halogenated alkanes) is 5. The summed E-state index contributed by atoms with van der Waals surface area (Å²) in [5.74, 6) is 1.43. The number of benzene rings is 4. The Hall–Kier alpha value is -5.82. The number of aromatic nitrogens is 2. The normalized spacial score (nSPS) is 26.5. The molecule has 6 bridgehead atoms. The summed E-state index contributed by atoms with van der Waals surface area (Å²) in [7, 11) is -4.44. The van der Waals surface area contributed by atoms with Crippen molar-refractivity contribution in [1.82, 2.24) is 8.47 Å². The number of hydrogen-bond acceptors (Lipinski definition) is 13. The van der Waals surface area contributed by atoms with E-state index >= 15 is 0 Å². The van der Waals surface area contributed by atoms with E-state index in [0.29, 0.717) is 52.6 Å². The Bertz CT molecular complexity index is 3170. The Balaban J connectivity index is 1.13. The van der Waals surface area contributed by atoms with Crippen molar-refractivity contribution in [1.29, 1.82) is 0 Å². The van der Waals surface area contributed by atoms with E-state index in [1.54, 1.807) is 0 Å². The van der Waals surface area contributed by atoms with Crippen LogP contribution in [0.5, 0.6) is 0 Å². The van der Waals surface area contributed by atoms with Gasteiger partial charge in [-0.25, -0.2) is 30.0 Å². The van der Waals surface area contributed by atoms with Crippen LogP contribution in [0.2, 0.25) is 0 Å². The summed E-state index contributed by atoms with van der Waals surface area (Å²) in [6.07, 6.45) is 3.34. The molecule has 7 aliphatic rings. The highest BCUT2D eigenvalue weighted by molar-refractivity contribution is 6.66. The number of nitrogens with zero attached hydrogens (tertiary/aromatic N) is 8. The lowest BCUT2D eigenvalue weighted by atomic mass is 9.99. The van der Waals surface area contributed by atoms with Gasteiger partial charge in [-0.1, -0.05) is 136 Å². The molecule has 346 valence electrons. The summed E-state index contributed by atoms with van der Waals surface area (Å²) < 4.78 is 53.0. The minimum atomic E-state index is -4.44. The summed E-state index contributed by atoms with van der Waals surface area (Å²) in [5, 5.41) is 3.38. The van der Waals surface area contributed by atoms with E-state index < -0.39 is 51.2 Å². The van der Waals surface area contributed by atoms with Gasteiger partial charge in [0.05, 0.1) is 6.61 Å². The van der Waals surface area contributed by atoms with Crippen molar-refractivity contribution >= 4 is 65.4 Å². The van der Waals surface area contributed by atoms with E-state index in [4.69, 9.17) is 62.5 Å². The zero-order valence-electron chi connectivity index (χ0n) is 38.7. The quantitative estimate of drug-likeness (QED) is 0.0941. The van der Waals surface area contributed by atoms with E-state index in [-0.39, 0.29) is 6.61 Å². The van der Waals surface area contributed by atoms with Crippen molar-refractivity contribution in [2.45, 2.75) is 115 Å². The third-order valence-corrected chi connectivity index (χ3v) is 16.9. The molecule has 2 aromatic heterocycles. The Kier molecular flexibility index (Phi) is 9.87. The van der Waals surface area contributed by atoms with Gasteiger partial charge in [0.2, 0.25) is 0 Å². The van der Waals surface area contributed by atoms with Gasteiger partial charge in [-0.3, -0.25) is 8.47 Å². The van der Waals surface area contributed by atoms with Gasteiger partial charge >= 0.3 is 8.88 Å². The van der Waals surface area contributed by atoms with E-state index in [2.05, 4.69) is 39.7 Å². The molecule has 6 aromatic rings. The molecule has 16 heteroatoms. The molecule has 0 spiro atoms. The Morgan fingerprint density at radius 2 is 0.971 bits per heavy atom. The molecule has 0 amide bonds. The second kappa shape index (κ2) is 15.9. The fourth-order valence-corrected chi connectivity index (χ4v) is 14.2. The van der Waals surface area contributed by atoms with Gasteiger partial charge in [0.25, 0.3) is 0 Å². The average Bonchev–Trinajstić information content (AvgIpc) is 4.17. The third-order valence-electron chi connectivity index (χ3n) is 13.8. The molecule has 0 saturated carbocycles. The topological polar surface area (TPSA) is 149 Å². The Morgan fingerprint density at radius 3 is 1.54 bits per heavy atom. The number of amidine groups is 4. The van der Waals surface area contributed by atoms with Gasteiger partial charge in [0.1, 0.15) is 47.0 Å². The minimum absolute atomic E-state index is 0.00731. The van der Waals surface area contributed by atoms with Gasteiger partial charge in [-0.2, -0.15) is 0 Å². The van der Waals surface area contributed by atoms with Gasteiger partial charge in [0, 0.05) is 50.4 Å². The molecule has 13 rings (SSSR count). The van der Waals surface area contributed by atoms with Crippen LogP contribution >= 0.6 is 0 Å². The molecule has 1 unspecified atom stereocenters. The number of ether oxygens (including phenoxy) is 5. The van der Waals surface area contributed by atoms with Gasteiger partial charge in [-0.05, 0) is 34.1 Å². The van der Waals surface area contributed by atoms with Crippen LogP contribution in [0.4, 0.5) is 11.6 Å². The highest BCUT2D eigenvalue weighted by Gasteiger charge is 2.62. The lowest BCUT2D eigenvalue weighted by molar-refractivity contribution is -0.239. The highest BCUT2D eigenvalue weighted by atomic mass is 28.4. The van der Waals surface area contributed by atoms with Crippen LogP contribution in [0.3, 0.4) is 0 Å². The molecule has 0 aliphatic carbocycles. The lowest BCUT2D eigenvalue weighted by Crippen LogP contribution is -2.65. The van der Waals surface area contributed by atoms with Gasteiger partial charge in [-0.15, -0.1) is 0 Å². The van der Waals surface area contributed by atoms with Crippen molar-refractivity contribution in [3.8, 4) is 0 Å². The molecule has 3 saturated heterocycles. The first-order chi connectivity index (χ1) is 33.1. The van der Waals surface area contributed by atoms with Crippen molar-refractivity contribution < 1.29 is 32.5 Å². The fraction of sp³-hybridized carbons (Fsp3) is 0.385. The standard InChI is InChI=1S/C52H52N8O7Si/c1-6-7-8-9-10-19-28-61-68(62-29-38-39-40(65-51(2,3)64-39)41-50(63-38)67-52(4,5)66-41)59-46-34-24-15-16-25-35(34)48(59)57-44-32-22-13-14-23-33(32)45(54-44)58-49-37-27-18-17-26-36(37)47(60(49)68)56-43-31-21-12-11-20-30(31)42(53-43)55-46/h11-18,20-27,38-41,50H,6-10,19,28-29H2,1-5H3/t38-,39+,40+,41-,50-,68?/m1/s1. The van der Waals surface area contributed by atoms with Crippen LogP contribution < -0.4 is 11.0 Å². The van der Waals surface area contributed by atoms with E-state index in [1.165, 1.54) is 6.42 Å². The van der Waals surface area contributed by atoms with Crippen LogP contribution in [-0.2, 0) is 32.5 Å². The number of rotatable bonds is 11. The molecular weight excluding hydrogens is 877 g/mol. The first-order valence-electron chi connectivity index (χ1n) is 24.0. The van der Waals surface area contributed by atoms with Crippen molar-refractivity contribution in [2.24, 2.45) is 30.0 Å². The zero-order chi connectivity index (χ0) is 45.9. The summed E-state index contributed by atoms with van der Waals surface area (Å²) in [5.41, 5.74) is 4.63. The molecule has 15 nitrogen and oxygen atoms in total. The van der Waals surface area contributed by atoms with Crippen LogP contribution in [0, 0.1) is 0 Å². The van der Waals surface area contributed by atoms with Gasteiger partial charge < -0.3 is 32.5 Å². The largest absolute Gasteiger partial charge is 0.603 e. The van der Waals surface area contributed by atoms with Crippen molar-refractivity contribution in [3.05, 3.63) is 130 Å². The predicted molar refractivity (Wildman–Crippen MR) is 259 cm³/mol. The van der Waals surface area contributed by atoms with Crippen LogP contribution in [0.25, 0.3) is 21.5 Å². The van der Waals surface area contributed by atoms with Crippen molar-refractivity contribution in [2.75, 3.05) is 13.2 Å². The summed E-state index contributed by atoms with van der Waals surface area (Å²) in [4.78, 5) is 32.8. The first kappa shape index (κ1) is 42.3. The predicted octanol–water partition coefficient (Wildman–Crippen LogP) is 8.16. The molecule has 0 radical (unpaired) electrons. The number of hydrogen-bond donors (Lipinski definition) is 0. The maximum Gasteiger partial charge on any atom is 0.603 e. The van der Waals surface area contributed by atoms with Crippen LogP contribution in [0.1, 0.15) is 95.4 Å². The smallest absolute Gasteiger partial charge is 0.361 e. The summed E-state index contributed by atoms with van der Waals surface area (Å²) in [6.45, 7) is 10.2. The Morgan fingerprint density at radius 1 is 0.500 bits per heavy atom. The highest BCUT2D eigenvalue weighted by Crippen LogP contribution is 2.47. The first-order valence-corrected chi connectivity index (χ1v) is 25.7. The molecule has 6 atom stereocenters. The molecule has 7 aliphatic heterocycles. The third kappa shape index (κ3) is 6.64. The van der Waals surface area contributed by atoms with Crippen LogP contribution in [0.15, 0.2) is 127 Å².